The number of hydrogen-bond acceptors (Lipinski definition) is 8. The number of carbonyl (C=O) groups excluding carboxylic acids is 1. The first kappa shape index (κ1) is 19.3. The van der Waals surface area contributed by atoms with Crippen molar-refractivity contribution in [2.45, 2.75) is 31.5 Å². The molecule has 8 nitrogen and oxygen atoms in total. The van der Waals surface area contributed by atoms with E-state index in [9.17, 15) is 4.79 Å². The van der Waals surface area contributed by atoms with Gasteiger partial charge in [-0.05, 0) is 55.5 Å². The maximum absolute atomic E-state index is 12.2. The van der Waals surface area contributed by atoms with Crippen LogP contribution >= 0.6 is 23.1 Å². The van der Waals surface area contributed by atoms with Crippen molar-refractivity contribution in [3.05, 3.63) is 29.6 Å². The molecule has 0 saturated carbocycles. The molecule has 2 heterocycles. The number of benzene rings is 1. The van der Waals surface area contributed by atoms with Gasteiger partial charge in [-0.25, -0.2) is 9.67 Å². The third kappa shape index (κ3) is 4.83. The minimum absolute atomic E-state index is 0.154. The average molecular weight is 405 g/mol. The summed E-state index contributed by atoms with van der Waals surface area (Å²) >= 11 is 2.68. The number of nitrogens with zero attached hydrogens (tertiary/aromatic N) is 5. The summed E-state index contributed by atoms with van der Waals surface area (Å²) in [5, 5.41) is 17.5. The normalized spacial score (nSPS) is 11.4. The Morgan fingerprint density at radius 1 is 1.30 bits per heavy atom. The number of ether oxygens (including phenoxy) is 1. The van der Waals surface area contributed by atoms with Gasteiger partial charge in [-0.1, -0.05) is 11.8 Å². The van der Waals surface area contributed by atoms with Gasteiger partial charge in [0, 0.05) is 10.9 Å². The Kier molecular flexibility index (Phi) is 5.76. The minimum Gasteiger partial charge on any atom is -0.497 e. The second-order valence-corrected chi connectivity index (χ2v) is 8.45. The van der Waals surface area contributed by atoms with Gasteiger partial charge >= 0.3 is 0 Å². The van der Waals surface area contributed by atoms with E-state index in [0.717, 1.165) is 17.0 Å². The lowest BCUT2D eigenvalue weighted by atomic mass is 10.1. The lowest BCUT2D eigenvalue weighted by Gasteiger charge is -2.19. The summed E-state index contributed by atoms with van der Waals surface area (Å²) in [6, 6.07) is 7.62. The molecule has 1 aromatic carbocycles. The second-order valence-electron chi connectivity index (χ2n) is 6.65. The molecule has 142 valence electrons. The summed E-state index contributed by atoms with van der Waals surface area (Å²) in [7, 11) is 1.63. The number of tetrazole rings is 1. The number of amides is 1. The lowest BCUT2D eigenvalue weighted by molar-refractivity contribution is -0.113. The van der Waals surface area contributed by atoms with Crippen molar-refractivity contribution in [2.24, 2.45) is 0 Å². The van der Waals surface area contributed by atoms with Crippen molar-refractivity contribution in [2.75, 3.05) is 18.2 Å². The fourth-order valence-electron chi connectivity index (χ4n) is 2.20. The van der Waals surface area contributed by atoms with E-state index in [1.165, 1.54) is 23.1 Å². The first-order valence-electron chi connectivity index (χ1n) is 8.18. The maximum Gasteiger partial charge on any atom is 0.236 e. The SMILES string of the molecule is COc1ccc(-c2csc(NC(=O)CSc3nnnn3C(C)(C)C)n2)cc1. The Labute approximate surface area is 165 Å². The van der Waals surface area contributed by atoms with Crippen LogP contribution in [0, 0.1) is 0 Å². The number of thiazole rings is 1. The first-order valence-corrected chi connectivity index (χ1v) is 10.0. The zero-order valence-corrected chi connectivity index (χ0v) is 17.1. The van der Waals surface area contributed by atoms with E-state index in [-0.39, 0.29) is 17.2 Å². The molecule has 0 aliphatic carbocycles. The molecule has 1 N–H and O–H groups in total. The summed E-state index contributed by atoms with van der Waals surface area (Å²) < 4.78 is 6.86. The largest absolute Gasteiger partial charge is 0.497 e. The molecule has 0 aliphatic rings. The molecular formula is C17H20N6O2S2. The van der Waals surface area contributed by atoms with E-state index in [0.29, 0.717) is 10.3 Å². The van der Waals surface area contributed by atoms with Gasteiger partial charge in [0.1, 0.15) is 5.75 Å². The Balaban J connectivity index is 1.59. The molecule has 0 saturated heterocycles. The number of thioether (sulfide) groups is 1. The van der Waals surface area contributed by atoms with Crippen molar-refractivity contribution in [3.8, 4) is 17.0 Å². The molecule has 0 spiro atoms. The van der Waals surface area contributed by atoms with Crippen molar-refractivity contribution in [1.82, 2.24) is 25.2 Å². The molecule has 3 aromatic rings. The van der Waals surface area contributed by atoms with Crippen LogP contribution in [0.25, 0.3) is 11.3 Å². The monoisotopic (exact) mass is 404 g/mol. The molecule has 0 atom stereocenters. The molecule has 0 bridgehead atoms. The van der Waals surface area contributed by atoms with E-state index in [1.807, 2.05) is 50.4 Å². The summed E-state index contributed by atoms with van der Waals surface area (Å²) in [5.41, 5.74) is 1.53. The van der Waals surface area contributed by atoms with E-state index >= 15 is 0 Å². The van der Waals surface area contributed by atoms with Crippen LogP contribution in [0.4, 0.5) is 5.13 Å². The van der Waals surface area contributed by atoms with Crippen LogP contribution in [0.1, 0.15) is 20.8 Å². The van der Waals surface area contributed by atoms with Crippen molar-refractivity contribution in [1.29, 1.82) is 0 Å². The van der Waals surface area contributed by atoms with Gasteiger partial charge in [0.15, 0.2) is 5.13 Å². The minimum atomic E-state index is -0.245. The lowest BCUT2D eigenvalue weighted by Crippen LogP contribution is -2.24. The number of methoxy groups -OCH3 is 1. The molecule has 0 fully saturated rings. The third-order valence-electron chi connectivity index (χ3n) is 3.54. The summed E-state index contributed by atoms with van der Waals surface area (Å²) in [5.74, 6) is 0.838. The van der Waals surface area contributed by atoms with Gasteiger partial charge in [-0.15, -0.1) is 16.4 Å². The summed E-state index contributed by atoms with van der Waals surface area (Å²) in [4.78, 5) is 16.7. The van der Waals surface area contributed by atoms with Crippen LogP contribution in [0.2, 0.25) is 0 Å². The standard InChI is InChI=1S/C17H20N6O2S2/c1-17(2,3)23-16(20-21-22-23)27-10-14(24)19-15-18-13(9-26-15)11-5-7-12(25-4)8-6-11/h5-9H,10H2,1-4H3,(H,18,19,24). The fraction of sp³-hybridized carbons (Fsp3) is 0.353. The van der Waals surface area contributed by atoms with Crippen LogP contribution in [-0.4, -0.2) is 44.0 Å². The van der Waals surface area contributed by atoms with Crippen LogP contribution in [0.15, 0.2) is 34.8 Å². The Bertz CT molecular complexity index is 914. The van der Waals surface area contributed by atoms with E-state index in [1.54, 1.807) is 11.8 Å². The highest BCUT2D eigenvalue weighted by Gasteiger charge is 2.20. The van der Waals surface area contributed by atoms with Crippen molar-refractivity contribution in [3.63, 3.8) is 0 Å². The third-order valence-corrected chi connectivity index (χ3v) is 5.22. The fourth-order valence-corrected chi connectivity index (χ4v) is 3.80. The smallest absolute Gasteiger partial charge is 0.236 e. The maximum atomic E-state index is 12.2. The molecule has 3 rings (SSSR count). The highest BCUT2D eigenvalue weighted by atomic mass is 32.2. The quantitative estimate of drug-likeness (QED) is 0.630. The predicted octanol–water partition coefficient (Wildman–Crippen LogP) is 3.29. The predicted molar refractivity (Wildman–Crippen MR) is 106 cm³/mol. The van der Waals surface area contributed by atoms with E-state index in [2.05, 4.69) is 25.8 Å². The number of carbonyl (C=O) groups is 1. The molecule has 2 aromatic heterocycles. The Morgan fingerprint density at radius 3 is 2.70 bits per heavy atom. The highest BCUT2D eigenvalue weighted by Crippen LogP contribution is 2.27. The number of hydrogen-bond donors (Lipinski definition) is 1. The second kappa shape index (κ2) is 8.05. The zero-order valence-electron chi connectivity index (χ0n) is 15.5. The number of anilines is 1. The molecule has 0 unspecified atom stereocenters. The van der Waals surface area contributed by atoms with Gasteiger partial charge < -0.3 is 10.1 Å². The van der Waals surface area contributed by atoms with Crippen LogP contribution < -0.4 is 10.1 Å². The molecular weight excluding hydrogens is 384 g/mol. The van der Waals surface area contributed by atoms with Gasteiger partial charge in [0.25, 0.3) is 0 Å². The topological polar surface area (TPSA) is 94.8 Å². The van der Waals surface area contributed by atoms with E-state index < -0.39 is 0 Å². The number of rotatable bonds is 6. The van der Waals surface area contributed by atoms with Crippen LogP contribution in [-0.2, 0) is 10.3 Å². The molecule has 0 aliphatic heterocycles. The summed E-state index contributed by atoms with van der Waals surface area (Å²) in [6.07, 6.45) is 0. The van der Waals surface area contributed by atoms with Crippen LogP contribution in [0.5, 0.6) is 5.75 Å². The Morgan fingerprint density at radius 2 is 2.04 bits per heavy atom. The van der Waals surface area contributed by atoms with Gasteiger partial charge in [-0.3, -0.25) is 4.79 Å². The highest BCUT2D eigenvalue weighted by molar-refractivity contribution is 7.99. The molecule has 1 amide bonds. The van der Waals surface area contributed by atoms with E-state index in [4.69, 9.17) is 4.74 Å². The van der Waals surface area contributed by atoms with Gasteiger partial charge in [0.05, 0.1) is 24.1 Å². The van der Waals surface area contributed by atoms with Crippen molar-refractivity contribution < 1.29 is 9.53 Å². The first-order chi connectivity index (χ1) is 12.9. The number of aromatic nitrogens is 5. The summed E-state index contributed by atoms with van der Waals surface area (Å²) in [6.45, 7) is 6.01. The van der Waals surface area contributed by atoms with Crippen molar-refractivity contribution >= 4 is 34.1 Å². The number of nitrogens with one attached hydrogen (secondary N) is 1. The zero-order chi connectivity index (χ0) is 19.4. The Hall–Kier alpha value is -2.46. The molecule has 10 heteroatoms. The molecule has 0 radical (unpaired) electrons. The van der Waals surface area contributed by atoms with Crippen LogP contribution in [0.3, 0.4) is 0 Å². The average Bonchev–Trinajstić information content (AvgIpc) is 3.29. The van der Waals surface area contributed by atoms with Gasteiger partial charge in [0.2, 0.25) is 11.1 Å². The van der Waals surface area contributed by atoms with Gasteiger partial charge in [-0.2, -0.15) is 0 Å². The molecule has 27 heavy (non-hydrogen) atoms.